The summed E-state index contributed by atoms with van der Waals surface area (Å²) in [6, 6.07) is 9.44. The summed E-state index contributed by atoms with van der Waals surface area (Å²) in [4.78, 5) is 25.5. The van der Waals surface area contributed by atoms with E-state index in [1.165, 1.54) is 11.0 Å². The number of carbonyl (C=O) groups is 2. The van der Waals surface area contributed by atoms with E-state index in [-0.39, 0.29) is 30.4 Å². The third-order valence-electron chi connectivity index (χ3n) is 4.87. The first-order valence-corrected chi connectivity index (χ1v) is 11.4. The van der Waals surface area contributed by atoms with Gasteiger partial charge in [-0.25, -0.2) is 9.59 Å². The molecule has 3 rings (SSSR count). The SMILES string of the molecule is CC(C)(C)OC(=O)N(CCOc1ccc2c(Cl)nn(C(=O)O)c2c1)CC(O)c1ccc(Cl)c(N)c1. The van der Waals surface area contributed by atoms with Gasteiger partial charge in [-0.05, 0) is 50.6 Å². The third kappa shape index (κ3) is 6.68. The number of anilines is 1. The Hall–Kier alpha value is -3.21. The summed E-state index contributed by atoms with van der Waals surface area (Å²) in [7, 11) is 0. The van der Waals surface area contributed by atoms with Crippen LogP contribution in [0, 0.1) is 0 Å². The number of nitrogen functional groups attached to an aromatic ring is 1. The predicted molar refractivity (Wildman–Crippen MR) is 132 cm³/mol. The molecule has 0 radical (unpaired) electrons. The Morgan fingerprint density at radius 2 is 1.91 bits per heavy atom. The first-order valence-electron chi connectivity index (χ1n) is 10.6. The van der Waals surface area contributed by atoms with Gasteiger partial charge in [0.25, 0.3) is 0 Å². The number of nitrogens with zero attached hydrogens (tertiary/aromatic N) is 3. The highest BCUT2D eigenvalue weighted by molar-refractivity contribution is 6.34. The van der Waals surface area contributed by atoms with E-state index < -0.39 is 23.9 Å². The van der Waals surface area contributed by atoms with Crippen molar-refractivity contribution in [2.24, 2.45) is 0 Å². The van der Waals surface area contributed by atoms with Gasteiger partial charge < -0.3 is 30.3 Å². The molecule has 10 nitrogen and oxygen atoms in total. The zero-order valence-electron chi connectivity index (χ0n) is 19.4. The topological polar surface area (TPSA) is 140 Å². The summed E-state index contributed by atoms with van der Waals surface area (Å²) in [5.41, 5.74) is 6.15. The summed E-state index contributed by atoms with van der Waals surface area (Å²) < 4.78 is 12.0. The molecule has 0 saturated carbocycles. The quantitative estimate of drug-likeness (QED) is 0.374. The number of aromatic nitrogens is 2. The second kappa shape index (κ2) is 10.6. The van der Waals surface area contributed by atoms with Crippen LogP contribution in [-0.4, -0.2) is 62.4 Å². The number of halogens is 2. The molecular formula is C23H26Cl2N4O6. The summed E-state index contributed by atoms with van der Waals surface area (Å²) in [5, 5.41) is 24.7. The largest absolute Gasteiger partial charge is 0.492 e. The fourth-order valence-electron chi connectivity index (χ4n) is 3.23. The van der Waals surface area contributed by atoms with Crippen molar-refractivity contribution in [3.63, 3.8) is 0 Å². The molecule has 188 valence electrons. The van der Waals surface area contributed by atoms with Crippen molar-refractivity contribution in [2.75, 3.05) is 25.4 Å². The molecule has 1 aromatic heterocycles. The van der Waals surface area contributed by atoms with Crippen molar-refractivity contribution in [1.29, 1.82) is 0 Å². The van der Waals surface area contributed by atoms with E-state index in [1.54, 1.807) is 51.1 Å². The van der Waals surface area contributed by atoms with Gasteiger partial charge in [0.2, 0.25) is 0 Å². The van der Waals surface area contributed by atoms with E-state index in [9.17, 15) is 19.8 Å². The maximum absolute atomic E-state index is 12.8. The maximum atomic E-state index is 12.8. The van der Waals surface area contributed by atoms with E-state index >= 15 is 0 Å². The van der Waals surface area contributed by atoms with Crippen LogP contribution in [0.15, 0.2) is 36.4 Å². The maximum Gasteiger partial charge on any atom is 0.432 e. The number of hydrogen-bond acceptors (Lipinski definition) is 7. The molecular weight excluding hydrogens is 499 g/mol. The lowest BCUT2D eigenvalue weighted by Crippen LogP contribution is -2.41. The number of ether oxygens (including phenoxy) is 2. The van der Waals surface area contributed by atoms with Crippen molar-refractivity contribution >= 4 is 52.0 Å². The highest BCUT2D eigenvalue weighted by Gasteiger charge is 2.25. The minimum absolute atomic E-state index is 0.0369. The van der Waals surface area contributed by atoms with Crippen molar-refractivity contribution in [3.05, 3.63) is 52.1 Å². The summed E-state index contributed by atoms with van der Waals surface area (Å²) in [5.74, 6) is 0.353. The van der Waals surface area contributed by atoms with E-state index in [0.717, 1.165) is 4.68 Å². The van der Waals surface area contributed by atoms with Gasteiger partial charge in [0.1, 0.15) is 18.0 Å². The molecule has 2 aromatic carbocycles. The number of aliphatic hydroxyl groups excluding tert-OH is 1. The number of hydrogen-bond donors (Lipinski definition) is 3. The highest BCUT2D eigenvalue weighted by Crippen LogP contribution is 2.27. The molecule has 0 aliphatic heterocycles. The van der Waals surface area contributed by atoms with Crippen LogP contribution in [0.3, 0.4) is 0 Å². The van der Waals surface area contributed by atoms with Crippen LogP contribution in [0.1, 0.15) is 32.4 Å². The minimum atomic E-state index is -1.29. The second-order valence-electron chi connectivity index (χ2n) is 8.74. The molecule has 12 heteroatoms. The van der Waals surface area contributed by atoms with Gasteiger partial charge in [-0.1, -0.05) is 29.3 Å². The average molecular weight is 525 g/mol. The molecule has 1 amide bonds. The first-order chi connectivity index (χ1) is 16.4. The number of aliphatic hydroxyl groups is 1. The van der Waals surface area contributed by atoms with Gasteiger partial charge >= 0.3 is 12.2 Å². The standard InChI is InChI=1S/C23H26Cl2N4O6/c1-23(2,3)35-22(33)28(12-19(30)13-4-7-16(24)17(26)10-13)8-9-34-14-5-6-15-18(11-14)29(21(31)32)27-20(15)25/h4-7,10-11,19,30H,8-9,12,26H2,1-3H3,(H,31,32). The van der Waals surface area contributed by atoms with Gasteiger partial charge in [0, 0.05) is 11.5 Å². The van der Waals surface area contributed by atoms with E-state index in [2.05, 4.69) is 5.10 Å². The Morgan fingerprint density at radius 3 is 2.54 bits per heavy atom. The van der Waals surface area contributed by atoms with Gasteiger partial charge in [0.15, 0.2) is 5.15 Å². The Labute approximate surface area is 211 Å². The molecule has 0 saturated heterocycles. The third-order valence-corrected chi connectivity index (χ3v) is 5.49. The average Bonchev–Trinajstić information content (AvgIpc) is 3.10. The number of carbonyl (C=O) groups excluding carboxylic acids is 1. The zero-order chi connectivity index (χ0) is 25.9. The molecule has 0 fully saturated rings. The number of fused-ring (bicyclic) bond motifs is 1. The lowest BCUT2D eigenvalue weighted by Gasteiger charge is -2.29. The van der Waals surface area contributed by atoms with Gasteiger partial charge in [-0.15, -0.1) is 5.10 Å². The summed E-state index contributed by atoms with van der Waals surface area (Å²) in [6.45, 7) is 5.24. The van der Waals surface area contributed by atoms with Gasteiger partial charge in [-0.3, -0.25) is 0 Å². The fourth-order valence-corrected chi connectivity index (χ4v) is 3.59. The normalized spacial score (nSPS) is 12.4. The molecule has 0 spiro atoms. The van der Waals surface area contributed by atoms with E-state index in [1.807, 2.05) is 0 Å². The molecule has 35 heavy (non-hydrogen) atoms. The molecule has 1 unspecified atom stereocenters. The molecule has 3 aromatic rings. The number of nitrogens with two attached hydrogens (primary N) is 1. The summed E-state index contributed by atoms with van der Waals surface area (Å²) >= 11 is 11.9. The fraction of sp³-hybridized carbons (Fsp3) is 0.348. The van der Waals surface area contributed by atoms with Crippen LogP contribution in [0.5, 0.6) is 5.75 Å². The monoisotopic (exact) mass is 524 g/mol. The molecule has 0 bridgehead atoms. The summed E-state index contributed by atoms with van der Waals surface area (Å²) in [6.07, 6.45) is -2.97. The number of carboxylic acid groups (broad SMARTS) is 1. The van der Waals surface area contributed by atoms with Crippen LogP contribution in [0.25, 0.3) is 10.9 Å². The van der Waals surface area contributed by atoms with Crippen molar-refractivity contribution in [3.8, 4) is 5.75 Å². The number of amides is 1. The number of benzene rings is 2. The lowest BCUT2D eigenvalue weighted by molar-refractivity contribution is 0.0117. The minimum Gasteiger partial charge on any atom is -0.492 e. The number of rotatable bonds is 7. The van der Waals surface area contributed by atoms with Crippen LogP contribution in [-0.2, 0) is 4.74 Å². The van der Waals surface area contributed by atoms with Crippen LogP contribution in [0.4, 0.5) is 15.3 Å². The van der Waals surface area contributed by atoms with Gasteiger partial charge in [-0.2, -0.15) is 4.68 Å². The van der Waals surface area contributed by atoms with Crippen molar-refractivity contribution in [2.45, 2.75) is 32.5 Å². The smallest absolute Gasteiger partial charge is 0.432 e. The molecule has 4 N–H and O–H groups in total. The van der Waals surface area contributed by atoms with Gasteiger partial charge in [0.05, 0.1) is 35.4 Å². The Morgan fingerprint density at radius 1 is 1.20 bits per heavy atom. The van der Waals surface area contributed by atoms with Crippen LogP contribution < -0.4 is 10.5 Å². The Balaban J connectivity index is 1.73. The molecule has 0 aliphatic rings. The van der Waals surface area contributed by atoms with E-state index in [0.29, 0.717) is 27.4 Å². The Bertz CT molecular complexity index is 1240. The van der Waals surface area contributed by atoms with E-state index in [4.69, 9.17) is 38.4 Å². The van der Waals surface area contributed by atoms with Crippen LogP contribution >= 0.6 is 23.2 Å². The zero-order valence-corrected chi connectivity index (χ0v) is 20.9. The first kappa shape index (κ1) is 26.4. The highest BCUT2D eigenvalue weighted by atomic mass is 35.5. The lowest BCUT2D eigenvalue weighted by atomic mass is 10.1. The molecule has 1 atom stereocenters. The van der Waals surface area contributed by atoms with Crippen molar-refractivity contribution < 1.29 is 29.3 Å². The predicted octanol–water partition coefficient (Wildman–Crippen LogP) is 4.80. The molecule has 1 heterocycles. The second-order valence-corrected chi connectivity index (χ2v) is 9.50. The van der Waals surface area contributed by atoms with Crippen molar-refractivity contribution in [1.82, 2.24) is 14.7 Å². The molecule has 0 aliphatic carbocycles. The van der Waals surface area contributed by atoms with Crippen LogP contribution in [0.2, 0.25) is 10.2 Å². The Kier molecular flexibility index (Phi) is 7.99.